The summed E-state index contributed by atoms with van der Waals surface area (Å²) in [7, 11) is 1.67. The minimum atomic E-state index is 0.729. The lowest BCUT2D eigenvalue weighted by molar-refractivity contribution is 0.415. The van der Waals surface area contributed by atoms with Gasteiger partial charge in [-0.1, -0.05) is 0 Å². The average Bonchev–Trinajstić information content (AvgIpc) is 2.83. The van der Waals surface area contributed by atoms with Crippen LogP contribution in [0.1, 0.15) is 0 Å². The van der Waals surface area contributed by atoms with Crippen molar-refractivity contribution in [1.82, 2.24) is 0 Å². The number of nitrogens with two attached hydrogens (primary N) is 1. The monoisotopic (exact) mass is 271 g/mol. The number of anilines is 1. The van der Waals surface area contributed by atoms with E-state index in [2.05, 4.69) is 0 Å². The predicted molar refractivity (Wildman–Crippen MR) is 79.3 cm³/mol. The summed E-state index contributed by atoms with van der Waals surface area (Å²) in [6.07, 6.45) is 0. The number of benzene rings is 2. The fraction of sp³-hybridized carbons (Fsp3) is 0.0667. The fourth-order valence-corrected chi connectivity index (χ4v) is 2.74. The fourth-order valence-electron chi connectivity index (χ4n) is 1.85. The standard InChI is InChI=1S/C15H13NO2S/c1-17-12-6-7-13-14(9-19-15(13)8-12)18-11-4-2-10(16)3-5-11/h2-9H,16H2,1H3. The molecule has 0 aliphatic heterocycles. The molecule has 0 bridgehead atoms. The molecule has 0 atom stereocenters. The summed E-state index contributed by atoms with van der Waals surface area (Å²) in [4.78, 5) is 0. The Hall–Kier alpha value is -2.20. The third-order valence-electron chi connectivity index (χ3n) is 2.86. The molecule has 1 aromatic heterocycles. The van der Waals surface area contributed by atoms with Gasteiger partial charge in [-0.25, -0.2) is 0 Å². The summed E-state index contributed by atoms with van der Waals surface area (Å²) in [6.45, 7) is 0. The number of methoxy groups -OCH3 is 1. The second-order valence-corrected chi connectivity index (χ2v) is 5.04. The van der Waals surface area contributed by atoms with E-state index >= 15 is 0 Å². The Morgan fingerprint density at radius 1 is 1.00 bits per heavy atom. The van der Waals surface area contributed by atoms with Gasteiger partial charge in [-0.2, -0.15) is 0 Å². The van der Waals surface area contributed by atoms with Gasteiger partial charge in [0.05, 0.1) is 7.11 Å². The van der Waals surface area contributed by atoms with Crippen LogP contribution in [-0.4, -0.2) is 7.11 Å². The second kappa shape index (κ2) is 4.82. The number of thiophene rings is 1. The Morgan fingerprint density at radius 2 is 1.74 bits per heavy atom. The first-order chi connectivity index (χ1) is 9.26. The van der Waals surface area contributed by atoms with E-state index in [-0.39, 0.29) is 0 Å². The van der Waals surface area contributed by atoms with E-state index in [4.69, 9.17) is 15.2 Å². The molecule has 0 unspecified atom stereocenters. The van der Waals surface area contributed by atoms with E-state index < -0.39 is 0 Å². The van der Waals surface area contributed by atoms with Crippen molar-refractivity contribution >= 4 is 27.1 Å². The summed E-state index contributed by atoms with van der Waals surface area (Å²) >= 11 is 1.64. The largest absolute Gasteiger partial charge is 0.497 e. The molecule has 2 aromatic carbocycles. The van der Waals surface area contributed by atoms with E-state index in [1.54, 1.807) is 18.4 Å². The van der Waals surface area contributed by atoms with Gasteiger partial charge in [-0.3, -0.25) is 0 Å². The maximum atomic E-state index is 5.87. The van der Waals surface area contributed by atoms with Crippen molar-refractivity contribution in [2.75, 3.05) is 12.8 Å². The molecule has 96 valence electrons. The van der Waals surface area contributed by atoms with Crippen LogP contribution in [0.5, 0.6) is 17.2 Å². The van der Waals surface area contributed by atoms with Crippen molar-refractivity contribution in [2.24, 2.45) is 0 Å². The Morgan fingerprint density at radius 3 is 2.47 bits per heavy atom. The number of hydrogen-bond donors (Lipinski definition) is 1. The third-order valence-corrected chi connectivity index (χ3v) is 3.78. The molecule has 0 saturated carbocycles. The number of ether oxygens (including phenoxy) is 2. The molecule has 0 aliphatic rings. The molecule has 3 aromatic rings. The first kappa shape index (κ1) is 11.9. The van der Waals surface area contributed by atoms with E-state index in [1.807, 2.05) is 47.8 Å². The smallest absolute Gasteiger partial charge is 0.145 e. The lowest BCUT2D eigenvalue weighted by Gasteiger charge is -2.05. The maximum absolute atomic E-state index is 5.87. The molecule has 2 N–H and O–H groups in total. The Kier molecular flexibility index (Phi) is 3.01. The van der Waals surface area contributed by atoms with Crippen LogP contribution in [0.25, 0.3) is 10.1 Å². The zero-order valence-electron chi connectivity index (χ0n) is 10.4. The van der Waals surface area contributed by atoms with E-state index in [0.717, 1.165) is 33.0 Å². The molecule has 0 aliphatic carbocycles. The molecule has 0 amide bonds. The van der Waals surface area contributed by atoms with Crippen molar-refractivity contribution in [1.29, 1.82) is 0 Å². The summed E-state index contributed by atoms with van der Waals surface area (Å²) in [5.74, 6) is 2.49. The van der Waals surface area contributed by atoms with Gasteiger partial charge < -0.3 is 15.2 Å². The highest BCUT2D eigenvalue weighted by atomic mass is 32.1. The Balaban J connectivity index is 1.95. The number of nitrogen functional groups attached to an aromatic ring is 1. The molecule has 0 saturated heterocycles. The van der Waals surface area contributed by atoms with Crippen molar-refractivity contribution in [2.45, 2.75) is 0 Å². The zero-order chi connectivity index (χ0) is 13.2. The Bertz CT molecular complexity index is 704. The van der Waals surface area contributed by atoms with E-state index in [0.29, 0.717) is 0 Å². The highest BCUT2D eigenvalue weighted by molar-refractivity contribution is 7.17. The lowest BCUT2D eigenvalue weighted by Crippen LogP contribution is -1.86. The first-order valence-corrected chi connectivity index (χ1v) is 6.73. The molecule has 1 heterocycles. The summed E-state index contributed by atoms with van der Waals surface area (Å²) in [5.41, 5.74) is 6.38. The van der Waals surface area contributed by atoms with Gasteiger partial charge in [0.15, 0.2) is 0 Å². The maximum Gasteiger partial charge on any atom is 0.145 e. The molecule has 0 fully saturated rings. The molecule has 4 heteroatoms. The van der Waals surface area contributed by atoms with Crippen LogP contribution >= 0.6 is 11.3 Å². The van der Waals surface area contributed by atoms with Crippen molar-refractivity contribution in [3.8, 4) is 17.2 Å². The van der Waals surface area contributed by atoms with Gasteiger partial charge in [-0.15, -0.1) is 11.3 Å². The van der Waals surface area contributed by atoms with Crippen LogP contribution in [0.15, 0.2) is 47.8 Å². The molecule has 0 radical (unpaired) electrons. The van der Waals surface area contributed by atoms with Gasteiger partial charge in [0.25, 0.3) is 0 Å². The van der Waals surface area contributed by atoms with E-state index in [9.17, 15) is 0 Å². The Labute approximate surface area is 115 Å². The van der Waals surface area contributed by atoms with Crippen LogP contribution in [0.4, 0.5) is 5.69 Å². The zero-order valence-corrected chi connectivity index (χ0v) is 11.2. The second-order valence-electron chi connectivity index (χ2n) is 4.13. The van der Waals surface area contributed by atoms with Gasteiger partial charge >= 0.3 is 0 Å². The molecule has 0 spiro atoms. The topological polar surface area (TPSA) is 44.5 Å². The molecular weight excluding hydrogens is 258 g/mol. The van der Waals surface area contributed by atoms with Gasteiger partial charge in [0.2, 0.25) is 0 Å². The number of hydrogen-bond acceptors (Lipinski definition) is 4. The quantitative estimate of drug-likeness (QED) is 0.723. The minimum Gasteiger partial charge on any atom is -0.497 e. The molecule has 3 rings (SSSR count). The summed E-state index contributed by atoms with van der Waals surface area (Å²) in [6, 6.07) is 13.3. The van der Waals surface area contributed by atoms with Crippen molar-refractivity contribution in [3.63, 3.8) is 0 Å². The van der Waals surface area contributed by atoms with E-state index in [1.165, 1.54) is 0 Å². The summed E-state index contributed by atoms with van der Waals surface area (Å²) in [5, 5.41) is 3.09. The lowest BCUT2D eigenvalue weighted by atomic mass is 10.2. The highest BCUT2D eigenvalue weighted by Crippen LogP contribution is 2.37. The normalized spacial score (nSPS) is 10.6. The SMILES string of the molecule is COc1ccc2c(Oc3ccc(N)cc3)csc2c1. The number of rotatable bonds is 3. The van der Waals surface area contributed by atoms with Crippen LogP contribution in [0.2, 0.25) is 0 Å². The van der Waals surface area contributed by atoms with Crippen LogP contribution in [0, 0.1) is 0 Å². The highest BCUT2D eigenvalue weighted by Gasteiger charge is 2.07. The van der Waals surface area contributed by atoms with Gasteiger partial charge in [-0.05, 0) is 42.5 Å². The first-order valence-electron chi connectivity index (χ1n) is 5.85. The predicted octanol–water partition coefficient (Wildman–Crippen LogP) is 4.28. The third kappa shape index (κ3) is 2.35. The van der Waals surface area contributed by atoms with Gasteiger partial charge in [0, 0.05) is 21.2 Å². The molecule has 3 nitrogen and oxygen atoms in total. The van der Waals surface area contributed by atoms with Crippen molar-refractivity contribution < 1.29 is 9.47 Å². The average molecular weight is 271 g/mol. The number of fused-ring (bicyclic) bond motifs is 1. The molecule has 19 heavy (non-hydrogen) atoms. The van der Waals surface area contributed by atoms with Crippen LogP contribution in [-0.2, 0) is 0 Å². The van der Waals surface area contributed by atoms with Crippen LogP contribution < -0.4 is 15.2 Å². The minimum absolute atomic E-state index is 0.729. The molecular formula is C15H13NO2S. The van der Waals surface area contributed by atoms with Gasteiger partial charge in [0.1, 0.15) is 17.2 Å². The van der Waals surface area contributed by atoms with Crippen molar-refractivity contribution in [3.05, 3.63) is 47.8 Å². The summed E-state index contributed by atoms with van der Waals surface area (Å²) < 4.78 is 12.2. The van der Waals surface area contributed by atoms with Crippen LogP contribution in [0.3, 0.4) is 0 Å².